The van der Waals surface area contributed by atoms with Gasteiger partial charge in [-0.05, 0) is 43.5 Å². The Morgan fingerprint density at radius 3 is 2.70 bits per heavy atom. The van der Waals surface area contributed by atoms with Gasteiger partial charge in [0.25, 0.3) is 5.91 Å². The van der Waals surface area contributed by atoms with Gasteiger partial charge in [-0.15, -0.1) is 11.3 Å². The van der Waals surface area contributed by atoms with E-state index in [1.54, 1.807) is 16.2 Å². The molecule has 2 N–H and O–H groups in total. The lowest BCUT2D eigenvalue weighted by Crippen LogP contribution is -2.36. The van der Waals surface area contributed by atoms with Gasteiger partial charge in [0.1, 0.15) is 5.82 Å². The molecular weight excluding hydrogens is 275 g/mol. The molecule has 0 saturated carbocycles. The van der Waals surface area contributed by atoms with Crippen molar-refractivity contribution in [2.45, 2.75) is 26.4 Å². The monoisotopic (exact) mass is 292 g/mol. The van der Waals surface area contributed by atoms with Crippen LogP contribution in [0, 0.1) is 5.82 Å². The number of anilines is 1. The lowest BCUT2D eigenvalue weighted by molar-refractivity contribution is 0.0692. The molecule has 106 valence electrons. The lowest BCUT2D eigenvalue weighted by atomic mass is 10.1. The Labute approximate surface area is 121 Å². The number of nitrogens with two attached hydrogens (primary N) is 1. The summed E-state index contributed by atoms with van der Waals surface area (Å²) in [4.78, 5) is 15.3. The predicted octanol–water partition coefficient (Wildman–Crippen LogP) is 3.52. The molecule has 1 heterocycles. The highest BCUT2D eigenvalue weighted by Gasteiger charge is 2.20. The standard InChI is InChI=1S/C15H17FN2OS/c1-10(2)18(9-14-4-3-5-20-14)15(19)11-6-12(16)8-13(17)7-11/h3-8,10H,9,17H2,1-2H3. The minimum Gasteiger partial charge on any atom is -0.399 e. The molecule has 0 spiro atoms. The van der Waals surface area contributed by atoms with Gasteiger partial charge in [0.15, 0.2) is 0 Å². The van der Waals surface area contributed by atoms with Gasteiger partial charge in [0.05, 0.1) is 6.54 Å². The molecule has 0 atom stereocenters. The second-order valence-electron chi connectivity index (χ2n) is 4.88. The smallest absolute Gasteiger partial charge is 0.254 e. The van der Waals surface area contributed by atoms with Crippen LogP contribution in [0.15, 0.2) is 35.7 Å². The van der Waals surface area contributed by atoms with Crippen LogP contribution in [0.4, 0.5) is 10.1 Å². The van der Waals surface area contributed by atoms with Gasteiger partial charge in [-0.25, -0.2) is 4.39 Å². The number of rotatable bonds is 4. The van der Waals surface area contributed by atoms with Crippen LogP contribution in [0.1, 0.15) is 29.1 Å². The number of halogens is 1. The number of hydrogen-bond donors (Lipinski definition) is 1. The molecule has 3 nitrogen and oxygen atoms in total. The molecule has 0 aliphatic rings. The molecule has 1 amide bonds. The van der Waals surface area contributed by atoms with E-state index in [-0.39, 0.29) is 23.2 Å². The predicted molar refractivity (Wildman–Crippen MR) is 80.1 cm³/mol. The van der Waals surface area contributed by atoms with Gasteiger partial charge in [0.2, 0.25) is 0 Å². The second-order valence-corrected chi connectivity index (χ2v) is 5.91. The highest BCUT2D eigenvalue weighted by atomic mass is 32.1. The van der Waals surface area contributed by atoms with E-state index in [0.717, 1.165) is 4.88 Å². The van der Waals surface area contributed by atoms with E-state index in [9.17, 15) is 9.18 Å². The summed E-state index contributed by atoms with van der Waals surface area (Å²) in [6.45, 7) is 4.40. The molecule has 1 aromatic heterocycles. The number of benzene rings is 1. The Balaban J connectivity index is 2.26. The number of nitrogens with zero attached hydrogens (tertiary/aromatic N) is 1. The molecule has 0 unspecified atom stereocenters. The van der Waals surface area contributed by atoms with E-state index in [0.29, 0.717) is 6.54 Å². The largest absolute Gasteiger partial charge is 0.399 e. The van der Waals surface area contributed by atoms with Crippen molar-refractivity contribution in [1.82, 2.24) is 4.90 Å². The normalized spacial score (nSPS) is 10.8. The molecule has 0 bridgehead atoms. The summed E-state index contributed by atoms with van der Waals surface area (Å²) in [6.07, 6.45) is 0. The summed E-state index contributed by atoms with van der Waals surface area (Å²) >= 11 is 1.59. The summed E-state index contributed by atoms with van der Waals surface area (Å²) in [7, 11) is 0. The molecule has 2 rings (SSSR count). The van der Waals surface area contributed by atoms with Gasteiger partial charge < -0.3 is 10.6 Å². The number of amides is 1. The highest BCUT2D eigenvalue weighted by Crippen LogP contribution is 2.19. The Hall–Kier alpha value is -1.88. The fourth-order valence-electron chi connectivity index (χ4n) is 1.96. The molecule has 0 aliphatic carbocycles. The van der Waals surface area contributed by atoms with Crippen molar-refractivity contribution >= 4 is 22.9 Å². The van der Waals surface area contributed by atoms with Crippen LogP contribution in [-0.4, -0.2) is 16.8 Å². The average Bonchev–Trinajstić information content (AvgIpc) is 2.86. The molecule has 0 aliphatic heterocycles. The van der Waals surface area contributed by atoms with E-state index in [1.807, 2.05) is 31.4 Å². The number of carbonyl (C=O) groups excluding carboxylic acids is 1. The van der Waals surface area contributed by atoms with E-state index >= 15 is 0 Å². The van der Waals surface area contributed by atoms with Crippen molar-refractivity contribution in [3.63, 3.8) is 0 Å². The van der Waals surface area contributed by atoms with Gasteiger partial charge in [-0.2, -0.15) is 0 Å². The Bertz CT molecular complexity index is 576. The first-order chi connectivity index (χ1) is 9.47. The second kappa shape index (κ2) is 6.05. The summed E-state index contributed by atoms with van der Waals surface area (Å²) in [5.41, 5.74) is 6.14. The summed E-state index contributed by atoms with van der Waals surface area (Å²) < 4.78 is 13.4. The Kier molecular flexibility index (Phi) is 4.39. The molecule has 2 aromatic rings. The van der Waals surface area contributed by atoms with Crippen molar-refractivity contribution < 1.29 is 9.18 Å². The average molecular weight is 292 g/mol. The van der Waals surface area contributed by atoms with E-state index in [1.165, 1.54) is 18.2 Å². The fraction of sp³-hybridized carbons (Fsp3) is 0.267. The van der Waals surface area contributed by atoms with Gasteiger partial charge in [0, 0.05) is 22.2 Å². The van der Waals surface area contributed by atoms with Crippen LogP contribution in [0.3, 0.4) is 0 Å². The zero-order valence-corrected chi connectivity index (χ0v) is 12.3. The topological polar surface area (TPSA) is 46.3 Å². The maximum Gasteiger partial charge on any atom is 0.254 e. The van der Waals surface area contributed by atoms with E-state index < -0.39 is 5.82 Å². The maximum absolute atomic E-state index is 13.4. The van der Waals surface area contributed by atoms with Crippen LogP contribution in [-0.2, 0) is 6.54 Å². The molecule has 0 radical (unpaired) electrons. The van der Waals surface area contributed by atoms with Gasteiger partial charge >= 0.3 is 0 Å². The molecule has 0 saturated heterocycles. The van der Waals surface area contributed by atoms with E-state index in [4.69, 9.17) is 5.73 Å². The Morgan fingerprint density at radius 2 is 2.15 bits per heavy atom. The first-order valence-corrected chi connectivity index (χ1v) is 7.24. The van der Waals surface area contributed by atoms with Crippen LogP contribution >= 0.6 is 11.3 Å². The molecule has 5 heteroatoms. The van der Waals surface area contributed by atoms with Crippen molar-refractivity contribution in [3.05, 3.63) is 52.0 Å². The van der Waals surface area contributed by atoms with Crippen molar-refractivity contribution in [3.8, 4) is 0 Å². The van der Waals surface area contributed by atoms with Crippen molar-refractivity contribution in [2.24, 2.45) is 0 Å². The Morgan fingerprint density at radius 1 is 1.40 bits per heavy atom. The zero-order chi connectivity index (χ0) is 14.7. The number of thiophene rings is 1. The minimum atomic E-state index is -0.492. The molecular formula is C15H17FN2OS. The number of nitrogen functional groups attached to an aromatic ring is 1. The van der Waals surface area contributed by atoms with Crippen LogP contribution < -0.4 is 5.73 Å². The van der Waals surface area contributed by atoms with Crippen LogP contribution in [0.25, 0.3) is 0 Å². The number of carbonyl (C=O) groups is 1. The summed E-state index contributed by atoms with van der Waals surface area (Å²) in [6, 6.07) is 7.89. The first-order valence-electron chi connectivity index (χ1n) is 6.37. The van der Waals surface area contributed by atoms with Gasteiger partial charge in [-0.3, -0.25) is 4.79 Å². The highest BCUT2D eigenvalue weighted by molar-refractivity contribution is 7.09. The van der Waals surface area contributed by atoms with Crippen LogP contribution in [0.5, 0.6) is 0 Å². The lowest BCUT2D eigenvalue weighted by Gasteiger charge is -2.26. The third-order valence-corrected chi connectivity index (χ3v) is 3.82. The van der Waals surface area contributed by atoms with E-state index in [2.05, 4.69) is 0 Å². The number of hydrogen-bond acceptors (Lipinski definition) is 3. The maximum atomic E-state index is 13.4. The molecule has 1 aromatic carbocycles. The van der Waals surface area contributed by atoms with Crippen molar-refractivity contribution in [1.29, 1.82) is 0 Å². The van der Waals surface area contributed by atoms with Crippen molar-refractivity contribution in [2.75, 3.05) is 5.73 Å². The quantitative estimate of drug-likeness (QED) is 0.876. The SMILES string of the molecule is CC(C)N(Cc1cccs1)C(=O)c1cc(N)cc(F)c1. The summed E-state index contributed by atoms with van der Waals surface area (Å²) in [5, 5.41) is 1.97. The minimum absolute atomic E-state index is 0.0223. The first kappa shape index (κ1) is 14.5. The molecule has 20 heavy (non-hydrogen) atoms. The molecule has 0 fully saturated rings. The zero-order valence-electron chi connectivity index (χ0n) is 11.5. The van der Waals surface area contributed by atoms with Gasteiger partial charge in [-0.1, -0.05) is 6.07 Å². The fourth-order valence-corrected chi connectivity index (χ4v) is 2.66. The summed E-state index contributed by atoms with van der Waals surface area (Å²) in [5.74, 6) is -0.701. The third kappa shape index (κ3) is 3.36. The third-order valence-electron chi connectivity index (χ3n) is 2.96. The van der Waals surface area contributed by atoms with Crippen LogP contribution in [0.2, 0.25) is 0 Å².